The average Bonchev–Trinajstić information content (AvgIpc) is 2.35. The minimum Gasteiger partial charge on any atom is -0.399 e. The number of hydrogen-bond acceptors (Lipinski definition) is 2. The Kier molecular flexibility index (Phi) is 5.60. The molecule has 0 fully saturated rings. The first kappa shape index (κ1) is 15.8. The predicted molar refractivity (Wildman–Crippen MR) is 67.7 cm³/mol. The fourth-order valence-corrected chi connectivity index (χ4v) is 1.64. The van der Waals surface area contributed by atoms with Crippen LogP contribution in [0.15, 0.2) is 24.3 Å². The molecule has 0 saturated heterocycles. The summed E-state index contributed by atoms with van der Waals surface area (Å²) in [6, 6.07) is 7.27. The van der Waals surface area contributed by atoms with Gasteiger partial charge in [0.15, 0.2) is 0 Å². The van der Waals surface area contributed by atoms with E-state index in [4.69, 9.17) is 5.73 Å². The maximum atomic E-state index is 12.6. The van der Waals surface area contributed by atoms with Crippen molar-refractivity contribution in [1.29, 1.82) is 0 Å². The minimum atomic E-state index is -3.97. The largest absolute Gasteiger partial charge is 0.399 e. The van der Waals surface area contributed by atoms with Gasteiger partial charge in [-0.3, -0.25) is 0 Å². The van der Waals surface area contributed by atoms with Crippen molar-refractivity contribution < 1.29 is 17.6 Å². The molecule has 108 valence electrons. The van der Waals surface area contributed by atoms with Gasteiger partial charge in [-0.1, -0.05) is 19.1 Å². The Morgan fingerprint density at radius 2 is 1.79 bits per heavy atom. The van der Waals surface area contributed by atoms with Crippen molar-refractivity contribution in [3.05, 3.63) is 29.8 Å². The third-order valence-electron chi connectivity index (χ3n) is 2.94. The summed E-state index contributed by atoms with van der Waals surface area (Å²) >= 11 is 0. The van der Waals surface area contributed by atoms with Crippen LogP contribution in [0.5, 0.6) is 0 Å². The summed E-state index contributed by atoms with van der Waals surface area (Å²) in [6.45, 7) is 1.20. The van der Waals surface area contributed by atoms with Crippen LogP contribution in [0, 0.1) is 0 Å². The van der Waals surface area contributed by atoms with Crippen LogP contribution in [-0.4, -0.2) is 25.4 Å². The number of anilines is 1. The Morgan fingerprint density at radius 3 is 2.32 bits per heavy atom. The second kappa shape index (κ2) is 6.75. The van der Waals surface area contributed by atoms with E-state index >= 15 is 0 Å². The van der Waals surface area contributed by atoms with E-state index in [1.54, 1.807) is 12.1 Å². The topological polar surface area (TPSA) is 38.0 Å². The number of nitrogens with one attached hydrogen (secondary N) is 1. The summed E-state index contributed by atoms with van der Waals surface area (Å²) in [5.41, 5.74) is 7.25. The van der Waals surface area contributed by atoms with E-state index in [2.05, 4.69) is 5.32 Å². The van der Waals surface area contributed by atoms with Gasteiger partial charge in [0.1, 0.15) is 0 Å². The molecule has 0 heterocycles. The molecule has 0 aliphatic carbocycles. The molecule has 0 saturated carbocycles. The lowest BCUT2D eigenvalue weighted by molar-refractivity contribution is -0.125. The van der Waals surface area contributed by atoms with Crippen LogP contribution < -0.4 is 11.1 Å². The second-order valence-electron chi connectivity index (χ2n) is 4.59. The number of nitrogens with two attached hydrogens (primary N) is 1. The lowest BCUT2D eigenvalue weighted by atomic mass is 9.97. The number of alkyl halides is 4. The van der Waals surface area contributed by atoms with Crippen molar-refractivity contribution in [2.24, 2.45) is 0 Å². The van der Waals surface area contributed by atoms with Crippen molar-refractivity contribution in [1.82, 2.24) is 5.32 Å². The van der Waals surface area contributed by atoms with Gasteiger partial charge < -0.3 is 11.1 Å². The normalized spacial score (nSPS) is 13.8. The first-order valence-corrected chi connectivity index (χ1v) is 6.05. The quantitative estimate of drug-likeness (QED) is 0.456. The van der Waals surface area contributed by atoms with Gasteiger partial charge in [0.2, 0.25) is 0 Å². The van der Waals surface area contributed by atoms with Crippen molar-refractivity contribution in [2.75, 3.05) is 18.8 Å². The van der Waals surface area contributed by atoms with Crippen molar-refractivity contribution in [3.63, 3.8) is 0 Å². The predicted octanol–water partition coefficient (Wildman–Crippen LogP) is 3.25. The lowest BCUT2D eigenvalue weighted by Gasteiger charge is -2.17. The highest BCUT2D eigenvalue weighted by molar-refractivity contribution is 5.40. The highest BCUT2D eigenvalue weighted by atomic mass is 19.3. The molecule has 6 heteroatoms. The van der Waals surface area contributed by atoms with Crippen molar-refractivity contribution in [3.8, 4) is 0 Å². The van der Waals surface area contributed by atoms with Gasteiger partial charge in [-0.05, 0) is 36.6 Å². The van der Waals surface area contributed by atoms with E-state index < -0.39 is 18.9 Å². The first-order chi connectivity index (χ1) is 8.83. The Balaban J connectivity index is 2.31. The van der Waals surface area contributed by atoms with E-state index in [0.717, 1.165) is 5.56 Å². The van der Waals surface area contributed by atoms with Gasteiger partial charge in [0.05, 0.1) is 6.54 Å². The molecule has 0 aromatic heterocycles. The highest BCUT2D eigenvalue weighted by Gasteiger charge is 2.39. The Hall–Kier alpha value is -1.30. The van der Waals surface area contributed by atoms with Gasteiger partial charge in [0, 0.05) is 5.69 Å². The van der Waals surface area contributed by atoms with Crippen LogP contribution >= 0.6 is 0 Å². The zero-order valence-electron chi connectivity index (χ0n) is 10.7. The number of hydrogen-bond donors (Lipinski definition) is 2. The maximum absolute atomic E-state index is 12.6. The minimum absolute atomic E-state index is 0.147. The number of halogens is 4. The zero-order valence-corrected chi connectivity index (χ0v) is 10.7. The molecule has 0 bridgehead atoms. The molecule has 0 amide bonds. The van der Waals surface area contributed by atoms with Crippen molar-refractivity contribution >= 4 is 5.69 Å². The van der Waals surface area contributed by atoms with Crippen LogP contribution in [0.2, 0.25) is 0 Å². The van der Waals surface area contributed by atoms with Gasteiger partial charge >= 0.3 is 12.3 Å². The van der Waals surface area contributed by atoms with Crippen LogP contribution in [0.25, 0.3) is 0 Å². The molecule has 1 aromatic rings. The van der Waals surface area contributed by atoms with Gasteiger partial charge in [-0.25, -0.2) is 8.78 Å². The van der Waals surface area contributed by atoms with Crippen LogP contribution in [0.4, 0.5) is 23.2 Å². The van der Waals surface area contributed by atoms with Crippen molar-refractivity contribution in [2.45, 2.75) is 31.6 Å². The number of rotatable bonds is 7. The summed E-state index contributed by atoms with van der Waals surface area (Å²) in [5, 5.41) is 2.36. The SMILES string of the molecule is CC(CCNCC(F)(F)C(F)F)c1ccc(N)cc1. The molecule has 3 N–H and O–H groups in total. The zero-order chi connectivity index (χ0) is 14.5. The molecule has 0 spiro atoms. The van der Waals surface area contributed by atoms with E-state index in [9.17, 15) is 17.6 Å². The third kappa shape index (κ3) is 5.06. The van der Waals surface area contributed by atoms with E-state index in [1.165, 1.54) is 0 Å². The smallest absolute Gasteiger partial charge is 0.319 e. The molecular weight excluding hydrogens is 260 g/mol. The molecule has 0 aliphatic heterocycles. The molecule has 1 rings (SSSR count). The second-order valence-corrected chi connectivity index (χ2v) is 4.59. The fraction of sp³-hybridized carbons (Fsp3) is 0.538. The molecule has 1 unspecified atom stereocenters. The molecule has 0 aliphatic rings. The monoisotopic (exact) mass is 278 g/mol. The van der Waals surface area contributed by atoms with Gasteiger partial charge in [-0.15, -0.1) is 0 Å². The summed E-state index contributed by atoms with van der Waals surface area (Å²) in [4.78, 5) is 0. The number of nitrogen functional groups attached to an aromatic ring is 1. The average molecular weight is 278 g/mol. The standard InChI is InChI=1S/C13H18F4N2/c1-9(10-2-4-11(18)5-3-10)6-7-19-8-13(16,17)12(14)15/h2-5,9,12,19H,6-8,18H2,1H3. The van der Waals surface area contributed by atoms with E-state index in [0.29, 0.717) is 12.1 Å². The van der Waals surface area contributed by atoms with Crippen LogP contribution in [-0.2, 0) is 0 Å². The van der Waals surface area contributed by atoms with Gasteiger partial charge in [0.25, 0.3) is 0 Å². The number of benzene rings is 1. The molecular formula is C13H18F4N2. The third-order valence-corrected chi connectivity index (χ3v) is 2.94. The summed E-state index contributed by atoms with van der Waals surface area (Å²) < 4.78 is 49.0. The van der Waals surface area contributed by atoms with Crippen LogP contribution in [0.3, 0.4) is 0 Å². The lowest BCUT2D eigenvalue weighted by Crippen LogP contribution is -2.39. The Labute approximate surface area is 110 Å². The first-order valence-electron chi connectivity index (χ1n) is 6.05. The summed E-state index contributed by atoms with van der Waals surface area (Å²) in [5.74, 6) is -3.82. The molecule has 19 heavy (non-hydrogen) atoms. The van der Waals surface area contributed by atoms with Crippen LogP contribution in [0.1, 0.15) is 24.8 Å². The molecule has 1 aromatic carbocycles. The molecule has 2 nitrogen and oxygen atoms in total. The fourth-order valence-electron chi connectivity index (χ4n) is 1.64. The maximum Gasteiger partial charge on any atom is 0.319 e. The van der Waals surface area contributed by atoms with Gasteiger partial charge in [-0.2, -0.15) is 8.78 Å². The molecule has 0 radical (unpaired) electrons. The molecule has 1 atom stereocenters. The summed E-state index contributed by atoms with van der Waals surface area (Å²) in [7, 11) is 0. The van der Waals surface area contributed by atoms with E-state index in [1.807, 2.05) is 19.1 Å². The van der Waals surface area contributed by atoms with E-state index in [-0.39, 0.29) is 12.5 Å². The summed E-state index contributed by atoms with van der Waals surface area (Å²) in [6.07, 6.45) is -3.04. The Bertz CT molecular complexity index is 379. The Morgan fingerprint density at radius 1 is 1.21 bits per heavy atom. The highest BCUT2D eigenvalue weighted by Crippen LogP contribution is 2.22.